The average Bonchev–Trinajstić information content (AvgIpc) is 3.20. The van der Waals surface area contributed by atoms with Crippen molar-refractivity contribution in [1.82, 2.24) is 9.38 Å². The fourth-order valence-electron chi connectivity index (χ4n) is 6.28. The number of β-amino-alcohol motifs (C(OH)–C–C–N with tert-alkyl or cyclic N) is 1. The van der Waals surface area contributed by atoms with Gasteiger partial charge in [0.2, 0.25) is 0 Å². The van der Waals surface area contributed by atoms with Gasteiger partial charge in [-0.1, -0.05) is 62.4 Å². The SMILES string of the molecule is CC(C)C[N@+]1(C)C(C(=O)[O-])=Cc2c(OCC(O)CN3CCC(c4ccc5ccccc5c4)CC3)cccc21. The summed E-state index contributed by atoms with van der Waals surface area (Å²) in [5, 5.41) is 25.3. The zero-order valence-corrected chi connectivity index (χ0v) is 22.6. The third kappa shape index (κ3) is 5.35. The van der Waals surface area contributed by atoms with Gasteiger partial charge in [0.15, 0.2) is 5.70 Å². The minimum atomic E-state index is -1.16. The van der Waals surface area contributed by atoms with Crippen molar-refractivity contribution < 1.29 is 19.7 Å². The highest BCUT2D eigenvalue weighted by Gasteiger charge is 2.40. The van der Waals surface area contributed by atoms with E-state index >= 15 is 0 Å². The number of likely N-dealkylation sites (tertiary alicyclic amines) is 1. The largest absolute Gasteiger partial charge is 0.540 e. The van der Waals surface area contributed by atoms with Crippen LogP contribution in [0.1, 0.15) is 43.7 Å². The number of nitrogens with zero attached hydrogens (tertiary/aromatic N) is 2. The lowest BCUT2D eigenvalue weighted by Crippen LogP contribution is -2.50. The lowest BCUT2D eigenvalue weighted by Gasteiger charge is -2.34. The molecule has 1 N–H and O–H groups in total. The van der Waals surface area contributed by atoms with Gasteiger partial charge in [0.25, 0.3) is 0 Å². The summed E-state index contributed by atoms with van der Waals surface area (Å²) in [6, 6.07) is 21.0. The van der Waals surface area contributed by atoms with Gasteiger partial charge in [-0.2, -0.15) is 0 Å². The first-order valence-corrected chi connectivity index (χ1v) is 13.7. The van der Waals surface area contributed by atoms with Gasteiger partial charge < -0.3 is 24.6 Å². The number of ether oxygens (including phenoxy) is 1. The molecule has 0 aliphatic carbocycles. The first-order chi connectivity index (χ1) is 18.2. The summed E-state index contributed by atoms with van der Waals surface area (Å²) < 4.78 is 6.25. The number of fused-ring (bicyclic) bond motifs is 2. The van der Waals surface area contributed by atoms with Crippen molar-refractivity contribution in [3.8, 4) is 5.75 Å². The number of carbonyl (C=O) groups is 1. The Labute approximate surface area is 225 Å². The van der Waals surface area contributed by atoms with E-state index in [4.69, 9.17) is 4.74 Å². The van der Waals surface area contributed by atoms with E-state index in [-0.39, 0.29) is 16.8 Å². The third-order valence-corrected chi connectivity index (χ3v) is 8.06. The summed E-state index contributed by atoms with van der Waals surface area (Å²) in [4.78, 5) is 14.3. The van der Waals surface area contributed by atoms with Gasteiger partial charge in [0.05, 0.1) is 19.2 Å². The van der Waals surface area contributed by atoms with Crippen LogP contribution < -0.4 is 14.3 Å². The van der Waals surface area contributed by atoms with Crippen LogP contribution in [0.3, 0.4) is 0 Å². The molecule has 38 heavy (non-hydrogen) atoms. The van der Waals surface area contributed by atoms with E-state index in [0.29, 0.717) is 30.7 Å². The Kier molecular flexibility index (Phi) is 7.57. The van der Waals surface area contributed by atoms with Crippen LogP contribution in [0.5, 0.6) is 5.75 Å². The third-order valence-electron chi connectivity index (χ3n) is 8.06. The molecule has 2 heterocycles. The Hall–Kier alpha value is -3.19. The Morgan fingerprint density at radius 3 is 2.53 bits per heavy atom. The second-order valence-corrected chi connectivity index (χ2v) is 11.4. The van der Waals surface area contributed by atoms with Crippen LogP contribution in [0.15, 0.2) is 66.4 Å². The number of likely N-dealkylation sites (N-methyl/N-ethyl adjacent to an activating group) is 1. The van der Waals surface area contributed by atoms with Crippen LogP contribution in [0.25, 0.3) is 16.8 Å². The number of carboxylic acids is 1. The minimum absolute atomic E-state index is 0.156. The smallest absolute Gasteiger partial charge is 0.161 e. The van der Waals surface area contributed by atoms with Gasteiger partial charge in [-0.25, -0.2) is 0 Å². The molecule has 6 nitrogen and oxygen atoms in total. The van der Waals surface area contributed by atoms with E-state index in [0.717, 1.165) is 37.2 Å². The molecule has 200 valence electrons. The quantitative estimate of drug-likeness (QED) is 0.434. The summed E-state index contributed by atoms with van der Waals surface area (Å²) in [5.41, 5.74) is 3.29. The lowest BCUT2D eigenvalue weighted by atomic mass is 9.88. The normalized spacial score (nSPS) is 20.9. The Bertz CT molecular complexity index is 1340. The molecule has 0 radical (unpaired) electrons. The molecule has 3 aromatic carbocycles. The molecule has 0 aromatic heterocycles. The number of aliphatic hydroxyl groups excluding tert-OH is 1. The van der Waals surface area contributed by atoms with Crippen molar-refractivity contribution in [2.24, 2.45) is 5.92 Å². The topological polar surface area (TPSA) is 72.8 Å². The van der Waals surface area contributed by atoms with E-state index < -0.39 is 12.1 Å². The average molecular weight is 515 g/mol. The molecule has 6 heteroatoms. The van der Waals surface area contributed by atoms with E-state index in [1.807, 2.05) is 25.2 Å². The maximum Gasteiger partial charge on any atom is 0.161 e. The number of aliphatic carboxylic acids is 1. The van der Waals surface area contributed by atoms with E-state index in [2.05, 4.69) is 61.2 Å². The van der Waals surface area contributed by atoms with E-state index in [1.54, 1.807) is 6.08 Å². The Balaban J connectivity index is 1.18. The van der Waals surface area contributed by atoms with Crippen LogP contribution in [0.2, 0.25) is 0 Å². The van der Waals surface area contributed by atoms with Crippen LogP contribution >= 0.6 is 0 Å². The molecule has 2 aliphatic rings. The molecule has 0 spiro atoms. The minimum Gasteiger partial charge on any atom is -0.540 e. The molecular weight excluding hydrogens is 476 g/mol. The fraction of sp³-hybridized carbons (Fsp3) is 0.406. The van der Waals surface area contributed by atoms with Gasteiger partial charge in [0.1, 0.15) is 30.1 Å². The van der Waals surface area contributed by atoms with Crippen LogP contribution in [-0.2, 0) is 4.79 Å². The summed E-state index contributed by atoms with van der Waals surface area (Å²) in [6.07, 6.45) is 3.18. The van der Waals surface area contributed by atoms with E-state index in [1.165, 1.54) is 16.3 Å². The van der Waals surface area contributed by atoms with Crippen molar-refractivity contribution in [2.45, 2.75) is 38.7 Å². The molecular formula is C32H38N2O4. The zero-order valence-electron chi connectivity index (χ0n) is 22.6. The van der Waals surface area contributed by atoms with Crippen molar-refractivity contribution in [3.63, 3.8) is 0 Å². The summed E-state index contributed by atoms with van der Waals surface area (Å²) >= 11 is 0. The van der Waals surface area contributed by atoms with Crippen molar-refractivity contribution in [3.05, 3.63) is 77.5 Å². The molecule has 2 aliphatic heterocycles. The highest BCUT2D eigenvalue weighted by Crippen LogP contribution is 2.44. The number of hydrogen-bond acceptors (Lipinski definition) is 5. The fourth-order valence-corrected chi connectivity index (χ4v) is 6.28. The number of quaternary nitrogens is 1. The Morgan fingerprint density at radius 1 is 1.08 bits per heavy atom. The Morgan fingerprint density at radius 2 is 1.82 bits per heavy atom. The molecule has 0 amide bonds. The molecule has 0 saturated carbocycles. The zero-order chi connectivity index (χ0) is 26.9. The first kappa shape index (κ1) is 26.4. The summed E-state index contributed by atoms with van der Waals surface area (Å²) in [6.45, 7) is 7.40. The second kappa shape index (κ2) is 10.9. The van der Waals surface area contributed by atoms with Gasteiger partial charge in [-0.3, -0.25) is 4.48 Å². The number of carbonyl (C=O) groups excluding carboxylic acids is 1. The number of aliphatic hydroxyl groups is 1. The molecule has 0 bridgehead atoms. The van der Waals surface area contributed by atoms with Crippen molar-refractivity contribution in [2.75, 3.05) is 39.8 Å². The monoisotopic (exact) mass is 514 g/mol. The molecule has 3 aromatic rings. The lowest BCUT2D eigenvalue weighted by molar-refractivity contribution is -0.300. The molecule has 1 fully saturated rings. The van der Waals surface area contributed by atoms with Crippen LogP contribution in [0.4, 0.5) is 5.69 Å². The molecule has 1 unspecified atom stereocenters. The molecule has 1 saturated heterocycles. The summed E-state index contributed by atoms with van der Waals surface area (Å²) in [5.74, 6) is 0.271. The number of hydrogen-bond donors (Lipinski definition) is 1. The van der Waals surface area contributed by atoms with E-state index in [9.17, 15) is 15.0 Å². The van der Waals surface area contributed by atoms with Crippen LogP contribution in [-0.4, -0.2) is 61.9 Å². The first-order valence-electron chi connectivity index (χ1n) is 13.7. The van der Waals surface area contributed by atoms with Gasteiger partial charge in [-0.05, 0) is 54.3 Å². The van der Waals surface area contributed by atoms with Gasteiger partial charge >= 0.3 is 0 Å². The van der Waals surface area contributed by atoms with Gasteiger partial charge in [0, 0.05) is 24.6 Å². The summed E-state index contributed by atoms with van der Waals surface area (Å²) in [7, 11) is 1.91. The molecule has 5 rings (SSSR count). The highest BCUT2D eigenvalue weighted by molar-refractivity contribution is 5.99. The predicted molar refractivity (Wildman–Crippen MR) is 151 cm³/mol. The van der Waals surface area contributed by atoms with Crippen molar-refractivity contribution in [1.29, 1.82) is 0 Å². The predicted octanol–water partition coefficient (Wildman–Crippen LogP) is 4.16. The maximum absolute atomic E-state index is 12.0. The number of carboxylic acid groups (broad SMARTS) is 1. The molecule has 2 atom stereocenters. The van der Waals surface area contributed by atoms with Gasteiger partial charge in [-0.15, -0.1) is 0 Å². The highest BCUT2D eigenvalue weighted by atomic mass is 16.5. The van der Waals surface area contributed by atoms with Crippen molar-refractivity contribution >= 4 is 28.5 Å². The number of benzene rings is 3. The second-order valence-electron chi connectivity index (χ2n) is 11.4. The maximum atomic E-state index is 12.0. The number of rotatable bonds is 9. The van der Waals surface area contributed by atoms with Crippen LogP contribution in [0, 0.1) is 5.92 Å². The number of piperidine rings is 1. The standard InChI is InChI=1S/C32H38N2O4/c1-22(2)20-34(3)29-9-6-10-31(28(29)18-30(34)32(36)37)38-21-27(35)19-33-15-13-24(14-16-33)26-12-11-23-7-4-5-8-25(23)17-26/h4-12,17-18,22,24,27,35H,13-16,19-21H2,1-3H3/t27?,34-/m0/s1.